The Hall–Kier alpha value is -1.79. The lowest BCUT2D eigenvalue weighted by molar-refractivity contribution is -0.131. The monoisotopic (exact) mass is 227 g/mol. The molecule has 1 aromatic rings. The fraction of sp³-hybridized carbons (Fsp3) is 0.300. The summed E-state index contributed by atoms with van der Waals surface area (Å²) >= 11 is 0. The number of benzene rings is 1. The highest BCUT2D eigenvalue weighted by molar-refractivity contribution is 5.79. The summed E-state index contributed by atoms with van der Waals surface area (Å²) in [5.41, 5.74) is 5.00. The van der Waals surface area contributed by atoms with Gasteiger partial charge < -0.3 is 25.8 Å². The van der Waals surface area contributed by atoms with E-state index in [4.69, 9.17) is 10.5 Å². The molecule has 0 radical (unpaired) electrons. The lowest BCUT2D eigenvalue weighted by atomic mass is 10.0. The number of hydrogen-bond donors (Lipinski definition) is 4. The first kappa shape index (κ1) is 12.3. The number of rotatable bonds is 4. The number of hydrogen-bond acceptors (Lipinski definition) is 5. The number of ether oxygens (including phenoxy) is 1. The van der Waals surface area contributed by atoms with E-state index in [9.17, 15) is 20.1 Å². The maximum Gasteiger partial charge on any atom is 0.249 e. The van der Waals surface area contributed by atoms with Crippen LogP contribution in [0, 0.1) is 0 Å². The fourth-order valence-corrected chi connectivity index (χ4v) is 1.23. The summed E-state index contributed by atoms with van der Waals surface area (Å²) in [5.74, 6) is -1.01. The van der Waals surface area contributed by atoms with Gasteiger partial charge in [0.1, 0.15) is 6.10 Å². The molecule has 0 aliphatic heterocycles. The molecule has 1 amide bonds. The van der Waals surface area contributed by atoms with Gasteiger partial charge in [-0.2, -0.15) is 0 Å². The van der Waals surface area contributed by atoms with E-state index in [-0.39, 0.29) is 17.1 Å². The number of methoxy groups -OCH3 is 1. The van der Waals surface area contributed by atoms with Crippen molar-refractivity contribution in [3.8, 4) is 11.5 Å². The van der Waals surface area contributed by atoms with E-state index >= 15 is 0 Å². The molecule has 0 aliphatic rings. The van der Waals surface area contributed by atoms with Gasteiger partial charge in [-0.3, -0.25) is 4.79 Å². The van der Waals surface area contributed by atoms with Gasteiger partial charge in [0.15, 0.2) is 17.6 Å². The minimum atomic E-state index is -1.72. The molecule has 5 N–H and O–H groups in total. The smallest absolute Gasteiger partial charge is 0.249 e. The van der Waals surface area contributed by atoms with E-state index < -0.39 is 18.1 Å². The van der Waals surface area contributed by atoms with Gasteiger partial charge in [0.05, 0.1) is 7.11 Å². The van der Waals surface area contributed by atoms with E-state index in [0.717, 1.165) is 0 Å². The maximum absolute atomic E-state index is 10.6. The molecule has 0 spiro atoms. The molecular formula is C10H13NO5. The number of carbonyl (C=O) groups is 1. The van der Waals surface area contributed by atoms with Crippen molar-refractivity contribution in [2.24, 2.45) is 5.73 Å². The Kier molecular flexibility index (Phi) is 3.70. The zero-order valence-corrected chi connectivity index (χ0v) is 8.62. The minimum absolute atomic E-state index is 0.171. The van der Waals surface area contributed by atoms with E-state index in [0.29, 0.717) is 0 Å². The third kappa shape index (κ3) is 2.41. The third-order valence-corrected chi connectivity index (χ3v) is 2.14. The fourth-order valence-electron chi connectivity index (χ4n) is 1.23. The Morgan fingerprint density at radius 2 is 2.06 bits per heavy atom. The minimum Gasteiger partial charge on any atom is -0.504 e. The van der Waals surface area contributed by atoms with Crippen LogP contribution in [0.1, 0.15) is 11.7 Å². The molecule has 6 nitrogen and oxygen atoms in total. The Morgan fingerprint density at radius 3 is 2.50 bits per heavy atom. The van der Waals surface area contributed by atoms with Gasteiger partial charge in [-0.05, 0) is 17.7 Å². The van der Waals surface area contributed by atoms with Crippen LogP contribution >= 0.6 is 0 Å². The van der Waals surface area contributed by atoms with Crippen LogP contribution in [0.4, 0.5) is 0 Å². The molecule has 0 saturated carbocycles. The average Bonchev–Trinajstić information content (AvgIpc) is 2.26. The van der Waals surface area contributed by atoms with Gasteiger partial charge >= 0.3 is 0 Å². The largest absolute Gasteiger partial charge is 0.504 e. The van der Waals surface area contributed by atoms with Crippen LogP contribution in [0.3, 0.4) is 0 Å². The van der Waals surface area contributed by atoms with Crippen molar-refractivity contribution >= 4 is 5.91 Å². The summed E-state index contributed by atoms with van der Waals surface area (Å²) in [7, 11) is 1.38. The van der Waals surface area contributed by atoms with Crippen molar-refractivity contribution in [3.05, 3.63) is 23.8 Å². The van der Waals surface area contributed by atoms with Crippen LogP contribution < -0.4 is 10.5 Å². The Labute approximate surface area is 91.9 Å². The van der Waals surface area contributed by atoms with Crippen LogP contribution in [0.15, 0.2) is 18.2 Å². The van der Waals surface area contributed by atoms with Crippen molar-refractivity contribution in [1.29, 1.82) is 0 Å². The van der Waals surface area contributed by atoms with Gasteiger partial charge in [-0.25, -0.2) is 0 Å². The van der Waals surface area contributed by atoms with Crippen molar-refractivity contribution in [1.82, 2.24) is 0 Å². The SMILES string of the molecule is COc1ccc(C(O)C(O)C(N)=O)cc1O. The lowest BCUT2D eigenvalue weighted by Gasteiger charge is -2.15. The van der Waals surface area contributed by atoms with Crippen molar-refractivity contribution < 1.29 is 24.9 Å². The highest BCUT2D eigenvalue weighted by atomic mass is 16.5. The number of phenols is 1. The van der Waals surface area contributed by atoms with Gasteiger partial charge in [0, 0.05) is 0 Å². The topological polar surface area (TPSA) is 113 Å². The molecule has 0 bridgehead atoms. The summed E-state index contributed by atoms with van der Waals surface area (Å²) in [5, 5.41) is 28.2. The van der Waals surface area contributed by atoms with Crippen molar-refractivity contribution in [3.63, 3.8) is 0 Å². The van der Waals surface area contributed by atoms with Gasteiger partial charge in [0.25, 0.3) is 0 Å². The Balaban J connectivity index is 2.97. The predicted octanol–water partition coefficient (Wildman–Crippen LogP) is -0.720. The molecule has 0 saturated heterocycles. The third-order valence-electron chi connectivity index (χ3n) is 2.14. The molecule has 88 valence electrons. The van der Waals surface area contributed by atoms with E-state index in [2.05, 4.69) is 0 Å². The molecule has 1 aromatic carbocycles. The van der Waals surface area contributed by atoms with Crippen LogP contribution in [-0.4, -0.2) is 34.4 Å². The molecule has 0 aromatic heterocycles. The molecule has 1 rings (SSSR count). The highest BCUT2D eigenvalue weighted by Crippen LogP contribution is 2.29. The van der Waals surface area contributed by atoms with Gasteiger partial charge in [0.2, 0.25) is 5.91 Å². The quantitative estimate of drug-likeness (QED) is 0.542. The first-order chi connectivity index (χ1) is 7.47. The number of amides is 1. The Bertz CT molecular complexity index is 393. The number of aliphatic hydroxyl groups excluding tert-OH is 2. The molecule has 2 unspecified atom stereocenters. The number of carbonyl (C=O) groups excluding carboxylic acids is 1. The van der Waals surface area contributed by atoms with Crippen molar-refractivity contribution in [2.75, 3.05) is 7.11 Å². The zero-order chi connectivity index (χ0) is 12.3. The average molecular weight is 227 g/mol. The molecule has 0 aliphatic carbocycles. The summed E-state index contributed by atoms with van der Waals surface area (Å²) in [6.45, 7) is 0. The highest BCUT2D eigenvalue weighted by Gasteiger charge is 2.24. The molecule has 16 heavy (non-hydrogen) atoms. The first-order valence-electron chi connectivity index (χ1n) is 4.49. The van der Waals surface area contributed by atoms with Crippen LogP contribution in [0.25, 0.3) is 0 Å². The molecule has 2 atom stereocenters. The summed E-state index contributed by atoms with van der Waals surface area (Å²) < 4.78 is 4.80. The van der Waals surface area contributed by atoms with Crippen LogP contribution in [0.5, 0.6) is 11.5 Å². The Morgan fingerprint density at radius 1 is 1.44 bits per heavy atom. The maximum atomic E-state index is 10.6. The second-order valence-corrected chi connectivity index (χ2v) is 3.22. The molecule has 0 fully saturated rings. The second-order valence-electron chi connectivity index (χ2n) is 3.22. The van der Waals surface area contributed by atoms with Gasteiger partial charge in [-0.1, -0.05) is 6.07 Å². The number of aromatic hydroxyl groups is 1. The second kappa shape index (κ2) is 4.82. The molecule has 0 heterocycles. The van der Waals surface area contributed by atoms with Crippen LogP contribution in [-0.2, 0) is 4.79 Å². The lowest BCUT2D eigenvalue weighted by Crippen LogP contribution is -2.33. The number of primary amides is 1. The first-order valence-corrected chi connectivity index (χ1v) is 4.49. The summed E-state index contributed by atoms with van der Waals surface area (Å²) in [6.07, 6.45) is -3.19. The zero-order valence-electron chi connectivity index (χ0n) is 8.62. The van der Waals surface area contributed by atoms with Crippen LogP contribution in [0.2, 0.25) is 0 Å². The summed E-state index contributed by atoms with van der Waals surface area (Å²) in [6, 6.07) is 4.01. The normalized spacial score (nSPS) is 14.2. The van der Waals surface area contributed by atoms with Gasteiger partial charge in [-0.15, -0.1) is 0 Å². The van der Waals surface area contributed by atoms with E-state index in [1.165, 1.54) is 25.3 Å². The van der Waals surface area contributed by atoms with E-state index in [1.807, 2.05) is 0 Å². The number of phenolic OH excluding ortho intramolecular Hbond substituents is 1. The van der Waals surface area contributed by atoms with E-state index in [1.54, 1.807) is 0 Å². The molecular weight excluding hydrogens is 214 g/mol. The summed E-state index contributed by atoms with van der Waals surface area (Å²) in [4.78, 5) is 10.6. The predicted molar refractivity (Wildman–Crippen MR) is 54.8 cm³/mol. The van der Waals surface area contributed by atoms with Crippen molar-refractivity contribution in [2.45, 2.75) is 12.2 Å². The number of nitrogens with two attached hydrogens (primary N) is 1. The number of aliphatic hydroxyl groups is 2. The standard InChI is InChI=1S/C10H13NO5/c1-16-7-3-2-5(4-6(7)12)8(13)9(14)10(11)15/h2-4,8-9,12-14H,1H3,(H2,11,15). The molecule has 6 heteroatoms.